The highest BCUT2D eigenvalue weighted by molar-refractivity contribution is 6.54. The second kappa shape index (κ2) is 4.18. The molecule has 0 radical (unpaired) electrons. The minimum atomic E-state index is 0.329. The molecule has 0 fully saturated rings. The lowest BCUT2D eigenvalue weighted by Gasteiger charge is -1.78. The molecule has 0 rings (SSSR count). The number of aliphatic imine (C=N–C) groups is 2. The van der Waals surface area contributed by atoms with Crippen LogP contribution in [-0.2, 0) is 0 Å². The molecule has 1 N–H and O–H groups in total. The quantitative estimate of drug-likeness (QED) is 0.502. The molecule has 0 aliphatic carbocycles. The highest BCUT2D eigenvalue weighted by atomic mass is 14.7. The zero-order chi connectivity index (χ0) is 6.41. The third-order valence-corrected chi connectivity index (χ3v) is 0.536. The molecule has 0 aromatic rings. The zero-order valence-electron chi connectivity index (χ0n) is 5.05. The largest absolute Gasteiger partial charge is 0.298 e. The van der Waals surface area contributed by atoms with Gasteiger partial charge < -0.3 is 0 Å². The maximum Gasteiger partial charge on any atom is 0.0895 e. The average Bonchev–Trinajstić information content (AvgIpc) is 1.68. The minimum Gasteiger partial charge on any atom is -0.298 e. The third kappa shape index (κ3) is 3.21. The molecule has 44 valence electrons. The molecule has 0 aliphatic rings. The molecule has 3 heteroatoms. The Kier molecular flexibility index (Phi) is 3.66. The van der Waals surface area contributed by atoms with Crippen LogP contribution in [0.1, 0.15) is 0 Å². The van der Waals surface area contributed by atoms with Crippen LogP contribution in [0.5, 0.6) is 0 Å². The second-order valence-corrected chi connectivity index (χ2v) is 1.23. The summed E-state index contributed by atoms with van der Waals surface area (Å²) >= 11 is 0. The van der Waals surface area contributed by atoms with E-state index in [1.807, 2.05) is 0 Å². The van der Waals surface area contributed by atoms with E-state index < -0.39 is 0 Å². The summed E-state index contributed by atoms with van der Waals surface area (Å²) < 4.78 is 0. The number of hydrogen-bond acceptors (Lipinski definition) is 3. The van der Waals surface area contributed by atoms with E-state index in [2.05, 4.69) is 9.98 Å². The van der Waals surface area contributed by atoms with Crippen molar-refractivity contribution < 1.29 is 0 Å². The summed E-state index contributed by atoms with van der Waals surface area (Å²) in [6.45, 7) is 0. The van der Waals surface area contributed by atoms with E-state index in [1.54, 1.807) is 14.1 Å². The summed E-state index contributed by atoms with van der Waals surface area (Å²) in [6, 6.07) is 0. The molecule has 0 atom stereocenters. The van der Waals surface area contributed by atoms with Crippen molar-refractivity contribution in [1.29, 1.82) is 5.41 Å². The van der Waals surface area contributed by atoms with Crippen molar-refractivity contribution in [2.45, 2.75) is 0 Å². The first kappa shape index (κ1) is 7.01. The number of nitrogens with one attached hydrogen (secondary N) is 1. The molecule has 8 heavy (non-hydrogen) atoms. The molecule has 0 unspecified atom stereocenters. The maximum atomic E-state index is 6.99. The van der Waals surface area contributed by atoms with Crippen molar-refractivity contribution in [1.82, 2.24) is 0 Å². The summed E-state index contributed by atoms with van der Waals surface area (Å²) in [4.78, 5) is 7.23. The molecule has 0 spiro atoms. The van der Waals surface area contributed by atoms with Gasteiger partial charge in [-0.15, -0.1) is 0 Å². The lowest BCUT2D eigenvalue weighted by Crippen LogP contribution is -1.97. The number of rotatable bonds is 2. The van der Waals surface area contributed by atoms with Gasteiger partial charge in [0.1, 0.15) is 0 Å². The van der Waals surface area contributed by atoms with Crippen LogP contribution in [0.2, 0.25) is 0 Å². The van der Waals surface area contributed by atoms with Crippen LogP contribution in [0.15, 0.2) is 9.98 Å². The monoisotopic (exact) mass is 111 g/mol. The second-order valence-electron chi connectivity index (χ2n) is 1.23. The maximum absolute atomic E-state index is 6.99. The van der Waals surface area contributed by atoms with E-state index in [1.165, 1.54) is 12.4 Å². The molecule has 0 saturated heterocycles. The summed E-state index contributed by atoms with van der Waals surface area (Å²) in [5, 5.41) is 6.99. The van der Waals surface area contributed by atoms with Crippen LogP contribution in [0.4, 0.5) is 0 Å². The fraction of sp³-hybridized carbons (Fsp3) is 0.400. The van der Waals surface area contributed by atoms with Gasteiger partial charge in [0, 0.05) is 26.5 Å². The SMILES string of the molecule is CN=CC(=N)C=NC. The van der Waals surface area contributed by atoms with Crippen LogP contribution in [0, 0.1) is 5.41 Å². The molecular formula is C5H9N3. The Morgan fingerprint density at radius 3 is 1.88 bits per heavy atom. The van der Waals surface area contributed by atoms with Crippen molar-refractivity contribution >= 4 is 18.1 Å². The molecule has 0 bridgehead atoms. The molecular weight excluding hydrogens is 102 g/mol. The van der Waals surface area contributed by atoms with Gasteiger partial charge in [0.05, 0.1) is 5.71 Å². The first-order valence-electron chi connectivity index (χ1n) is 2.24. The fourth-order valence-electron chi connectivity index (χ4n) is 0.312. The van der Waals surface area contributed by atoms with E-state index in [-0.39, 0.29) is 0 Å². The fourth-order valence-corrected chi connectivity index (χ4v) is 0.312. The molecule has 0 amide bonds. The van der Waals surface area contributed by atoms with Crippen molar-refractivity contribution in [2.24, 2.45) is 9.98 Å². The lowest BCUT2D eigenvalue weighted by atomic mass is 10.4. The van der Waals surface area contributed by atoms with E-state index in [0.717, 1.165) is 0 Å². The lowest BCUT2D eigenvalue weighted by molar-refractivity contribution is 1.46. The summed E-state index contributed by atoms with van der Waals surface area (Å²) in [7, 11) is 3.25. The van der Waals surface area contributed by atoms with Gasteiger partial charge in [-0.3, -0.25) is 15.4 Å². The molecule has 0 aliphatic heterocycles. The Labute approximate surface area is 48.7 Å². The first-order valence-corrected chi connectivity index (χ1v) is 2.24. The van der Waals surface area contributed by atoms with Crippen LogP contribution in [0.25, 0.3) is 0 Å². The van der Waals surface area contributed by atoms with Gasteiger partial charge >= 0.3 is 0 Å². The first-order chi connectivity index (χ1) is 3.81. The van der Waals surface area contributed by atoms with Gasteiger partial charge in [0.25, 0.3) is 0 Å². The zero-order valence-corrected chi connectivity index (χ0v) is 5.05. The van der Waals surface area contributed by atoms with Gasteiger partial charge in [-0.25, -0.2) is 0 Å². The number of hydrogen-bond donors (Lipinski definition) is 1. The molecule has 0 saturated carbocycles. The summed E-state index contributed by atoms with van der Waals surface area (Å²) in [6.07, 6.45) is 2.88. The summed E-state index contributed by atoms with van der Waals surface area (Å²) in [5.41, 5.74) is 0.329. The van der Waals surface area contributed by atoms with Crippen molar-refractivity contribution in [2.75, 3.05) is 14.1 Å². The van der Waals surface area contributed by atoms with E-state index in [9.17, 15) is 0 Å². The van der Waals surface area contributed by atoms with Gasteiger partial charge in [-0.1, -0.05) is 0 Å². The van der Waals surface area contributed by atoms with E-state index in [0.29, 0.717) is 5.71 Å². The Balaban J connectivity index is 3.66. The van der Waals surface area contributed by atoms with Crippen LogP contribution in [0.3, 0.4) is 0 Å². The third-order valence-electron chi connectivity index (χ3n) is 0.536. The highest BCUT2D eigenvalue weighted by Gasteiger charge is 1.77. The van der Waals surface area contributed by atoms with Gasteiger partial charge in [0.15, 0.2) is 0 Å². The van der Waals surface area contributed by atoms with Crippen LogP contribution < -0.4 is 0 Å². The van der Waals surface area contributed by atoms with Gasteiger partial charge in [0.2, 0.25) is 0 Å². The van der Waals surface area contributed by atoms with Crippen molar-refractivity contribution in [3.8, 4) is 0 Å². The van der Waals surface area contributed by atoms with Crippen LogP contribution >= 0.6 is 0 Å². The topological polar surface area (TPSA) is 48.6 Å². The average molecular weight is 111 g/mol. The molecule has 0 heterocycles. The van der Waals surface area contributed by atoms with Crippen molar-refractivity contribution in [3.05, 3.63) is 0 Å². The number of nitrogens with zero attached hydrogens (tertiary/aromatic N) is 2. The van der Waals surface area contributed by atoms with Gasteiger partial charge in [-0.2, -0.15) is 0 Å². The smallest absolute Gasteiger partial charge is 0.0895 e. The Morgan fingerprint density at radius 1 is 1.25 bits per heavy atom. The molecule has 0 aromatic heterocycles. The van der Waals surface area contributed by atoms with Gasteiger partial charge in [-0.05, 0) is 0 Å². The van der Waals surface area contributed by atoms with Crippen LogP contribution in [-0.4, -0.2) is 32.2 Å². The van der Waals surface area contributed by atoms with Crippen molar-refractivity contribution in [3.63, 3.8) is 0 Å². The highest BCUT2D eigenvalue weighted by Crippen LogP contribution is 1.60. The van der Waals surface area contributed by atoms with E-state index in [4.69, 9.17) is 5.41 Å². The molecule has 3 nitrogen and oxygen atoms in total. The predicted molar refractivity (Wildman–Crippen MR) is 36.6 cm³/mol. The minimum absolute atomic E-state index is 0.329. The Bertz CT molecular complexity index is 110. The Morgan fingerprint density at radius 2 is 1.62 bits per heavy atom. The normalized spacial score (nSPS) is 11.2. The molecule has 0 aromatic carbocycles. The Hall–Kier alpha value is -0.990. The summed E-state index contributed by atoms with van der Waals surface area (Å²) in [5.74, 6) is 0. The predicted octanol–water partition coefficient (Wildman–Crippen LogP) is 0.407. The van der Waals surface area contributed by atoms with E-state index >= 15 is 0 Å². The standard InChI is InChI=1S/C5H9N3/c1-7-3-5(6)4-8-2/h3-4,6H,1-2H3.